The summed E-state index contributed by atoms with van der Waals surface area (Å²) < 4.78 is 12.5. The Morgan fingerprint density at radius 3 is 3.06 bits per heavy atom. The summed E-state index contributed by atoms with van der Waals surface area (Å²) in [5.41, 5.74) is 0.304. The lowest BCUT2D eigenvalue weighted by Gasteiger charge is -2.26. The molecule has 94 valence electrons. The molecule has 2 rings (SSSR count). The minimum atomic E-state index is -0.897. The highest BCUT2D eigenvalue weighted by Gasteiger charge is 2.21. The number of amides is 1. The van der Waals surface area contributed by atoms with Crippen molar-refractivity contribution < 1.29 is 9.00 Å². The topological polar surface area (TPSA) is 88.9 Å². The predicted molar refractivity (Wildman–Crippen MR) is 63.2 cm³/mol. The molecular formula is C9H15N5O2S. The highest BCUT2D eigenvalue weighted by Crippen LogP contribution is 2.09. The van der Waals surface area contributed by atoms with Crippen molar-refractivity contribution in [3.05, 3.63) is 11.9 Å². The van der Waals surface area contributed by atoms with Crippen LogP contribution in [0.1, 0.15) is 16.5 Å². The third kappa shape index (κ3) is 3.10. The Labute approximate surface area is 101 Å². The van der Waals surface area contributed by atoms with Crippen LogP contribution in [0.15, 0.2) is 6.20 Å². The molecule has 8 heteroatoms. The number of hydrogen-bond donors (Lipinski definition) is 2. The van der Waals surface area contributed by atoms with E-state index in [2.05, 4.69) is 20.9 Å². The zero-order chi connectivity index (χ0) is 12.3. The molecule has 0 aliphatic carbocycles. The van der Waals surface area contributed by atoms with Gasteiger partial charge in [0.05, 0.1) is 12.2 Å². The maximum absolute atomic E-state index is 11.6. The average molecular weight is 257 g/mol. The molecule has 7 nitrogen and oxygen atoms in total. The van der Waals surface area contributed by atoms with E-state index in [0.29, 0.717) is 24.0 Å². The summed E-state index contributed by atoms with van der Waals surface area (Å²) in [6.07, 6.45) is 3.25. The number of nitrogens with zero attached hydrogens (tertiary/aromatic N) is 3. The first kappa shape index (κ1) is 12.2. The average Bonchev–Trinajstić information content (AvgIpc) is 2.63. The number of rotatable bonds is 5. The van der Waals surface area contributed by atoms with Crippen LogP contribution in [-0.2, 0) is 10.8 Å². The smallest absolute Gasteiger partial charge is 0.273 e. The Morgan fingerprint density at radius 1 is 1.71 bits per heavy atom. The van der Waals surface area contributed by atoms with E-state index >= 15 is 0 Å². The van der Waals surface area contributed by atoms with Gasteiger partial charge in [0.1, 0.15) is 0 Å². The zero-order valence-corrected chi connectivity index (χ0v) is 10.4. The summed E-state index contributed by atoms with van der Waals surface area (Å²) in [4.78, 5) is 11.6. The molecule has 1 aromatic heterocycles. The highest BCUT2D eigenvalue weighted by molar-refractivity contribution is 7.84. The minimum Gasteiger partial charge on any atom is -0.350 e. The molecule has 1 saturated heterocycles. The van der Waals surface area contributed by atoms with Gasteiger partial charge in [0.25, 0.3) is 5.91 Å². The van der Waals surface area contributed by atoms with E-state index in [4.69, 9.17) is 0 Å². The van der Waals surface area contributed by atoms with Crippen LogP contribution in [0.5, 0.6) is 0 Å². The third-order valence-electron chi connectivity index (χ3n) is 2.55. The van der Waals surface area contributed by atoms with Gasteiger partial charge in [-0.05, 0) is 0 Å². The van der Waals surface area contributed by atoms with Gasteiger partial charge in [0.2, 0.25) is 0 Å². The molecule has 0 spiro atoms. The number of hydrogen-bond acceptors (Lipinski definition) is 5. The van der Waals surface area contributed by atoms with Gasteiger partial charge >= 0.3 is 0 Å². The Morgan fingerprint density at radius 2 is 2.47 bits per heavy atom. The van der Waals surface area contributed by atoms with Crippen molar-refractivity contribution >= 4 is 16.7 Å². The van der Waals surface area contributed by atoms with E-state index in [9.17, 15) is 9.00 Å². The summed E-state index contributed by atoms with van der Waals surface area (Å²) in [5.74, 6) is 0.181. The van der Waals surface area contributed by atoms with Crippen molar-refractivity contribution in [3.8, 4) is 0 Å². The molecule has 0 radical (unpaired) electrons. The summed E-state index contributed by atoms with van der Waals surface area (Å²) in [6.45, 7) is 2.11. The molecule has 2 N–H and O–H groups in total. The van der Waals surface area contributed by atoms with Crippen LogP contribution in [0.25, 0.3) is 0 Å². The van der Waals surface area contributed by atoms with E-state index in [-0.39, 0.29) is 5.91 Å². The number of carbonyl (C=O) groups excluding carboxylic acids is 1. The SMILES string of the molecule is CS(=O)CCNC(=O)c1cn(C2CNC2)nn1. The molecule has 1 fully saturated rings. The summed E-state index contributed by atoms with van der Waals surface area (Å²) in [7, 11) is -0.897. The van der Waals surface area contributed by atoms with Crippen LogP contribution in [0.2, 0.25) is 0 Å². The fourth-order valence-electron chi connectivity index (χ4n) is 1.42. The van der Waals surface area contributed by atoms with Gasteiger partial charge < -0.3 is 10.6 Å². The summed E-state index contributed by atoms with van der Waals surface area (Å²) in [6, 6.07) is 0.298. The van der Waals surface area contributed by atoms with Gasteiger partial charge in [-0.3, -0.25) is 9.00 Å². The third-order valence-corrected chi connectivity index (χ3v) is 3.33. The first-order valence-electron chi connectivity index (χ1n) is 5.37. The molecule has 17 heavy (non-hydrogen) atoms. The predicted octanol–water partition coefficient (Wildman–Crippen LogP) is -1.47. The Kier molecular flexibility index (Phi) is 3.85. The van der Waals surface area contributed by atoms with Gasteiger partial charge in [0.15, 0.2) is 5.69 Å². The van der Waals surface area contributed by atoms with E-state index in [1.807, 2.05) is 0 Å². The highest BCUT2D eigenvalue weighted by atomic mass is 32.2. The first-order valence-corrected chi connectivity index (χ1v) is 7.10. The zero-order valence-electron chi connectivity index (χ0n) is 9.55. The van der Waals surface area contributed by atoms with Crippen molar-refractivity contribution in [1.82, 2.24) is 25.6 Å². The Bertz CT molecular complexity index is 429. The van der Waals surface area contributed by atoms with Crippen LogP contribution >= 0.6 is 0 Å². The molecule has 1 atom stereocenters. The molecule has 2 heterocycles. The Hall–Kier alpha value is -1.28. The van der Waals surface area contributed by atoms with Crippen LogP contribution in [-0.4, -0.2) is 56.8 Å². The lowest BCUT2D eigenvalue weighted by atomic mass is 10.2. The largest absolute Gasteiger partial charge is 0.350 e. The molecule has 1 aliphatic rings. The van der Waals surface area contributed by atoms with Crippen molar-refractivity contribution in [1.29, 1.82) is 0 Å². The van der Waals surface area contributed by atoms with Crippen LogP contribution in [0, 0.1) is 0 Å². The minimum absolute atomic E-state index is 0.269. The van der Waals surface area contributed by atoms with Gasteiger partial charge in [-0.25, -0.2) is 4.68 Å². The first-order chi connectivity index (χ1) is 8.16. The monoisotopic (exact) mass is 257 g/mol. The number of carbonyl (C=O) groups is 1. The van der Waals surface area contributed by atoms with Gasteiger partial charge in [0, 0.05) is 42.4 Å². The number of nitrogens with one attached hydrogen (secondary N) is 2. The van der Waals surface area contributed by atoms with E-state index < -0.39 is 10.8 Å². The lowest BCUT2D eigenvalue weighted by molar-refractivity contribution is 0.0951. The molecule has 1 aliphatic heterocycles. The molecule has 0 aromatic carbocycles. The molecule has 0 saturated carbocycles. The molecule has 0 bridgehead atoms. The van der Waals surface area contributed by atoms with Gasteiger partial charge in [-0.2, -0.15) is 0 Å². The maximum atomic E-state index is 11.6. The van der Waals surface area contributed by atoms with Crippen LogP contribution < -0.4 is 10.6 Å². The molecule has 1 unspecified atom stereocenters. The van der Waals surface area contributed by atoms with Crippen molar-refractivity contribution in [2.75, 3.05) is 31.6 Å². The quantitative estimate of drug-likeness (QED) is 0.672. The van der Waals surface area contributed by atoms with Crippen LogP contribution in [0.4, 0.5) is 0 Å². The van der Waals surface area contributed by atoms with Crippen molar-refractivity contribution in [3.63, 3.8) is 0 Å². The molecular weight excluding hydrogens is 242 g/mol. The van der Waals surface area contributed by atoms with Crippen molar-refractivity contribution in [2.45, 2.75) is 6.04 Å². The normalized spacial score (nSPS) is 17.5. The van der Waals surface area contributed by atoms with Gasteiger partial charge in [-0.1, -0.05) is 5.21 Å². The standard InChI is InChI=1S/C9H15N5O2S/c1-17(16)3-2-11-9(15)8-6-14(13-12-8)7-4-10-5-7/h6-7,10H,2-5H2,1H3,(H,11,15). The summed E-state index contributed by atoms with van der Waals surface area (Å²) >= 11 is 0. The van der Waals surface area contributed by atoms with Crippen molar-refractivity contribution in [2.24, 2.45) is 0 Å². The fraction of sp³-hybridized carbons (Fsp3) is 0.667. The summed E-state index contributed by atoms with van der Waals surface area (Å²) in [5, 5.41) is 13.5. The molecule has 1 aromatic rings. The molecule has 1 amide bonds. The Balaban J connectivity index is 1.86. The maximum Gasteiger partial charge on any atom is 0.273 e. The number of aromatic nitrogens is 3. The fourth-order valence-corrected chi connectivity index (χ4v) is 1.81. The second-order valence-corrected chi connectivity index (χ2v) is 5.48. The van der Waals surface area contributed by atoms with E-state index in [1.54, 1.807) is 17.1 Å². The lowest BCUT2D eigenvalue weighted by Crippen LogP contribution is -2.43. The van der Waals surface area contributed by atoms with E-state index in [1.165, 1.54) is 0 Å². The second kappa shape index (κ2) is 5.37. The second-order valence-electron chi connectivity index (χ2n) is 3.93. The van der Waals surface area contributed by atoms with Gasteiger partial charge in [-0.15, -0.1) is 5.10 Å². The van der Waals surface area contributed by atoms with E-state index in [0.717, 1.165) is 13.1 Å². The van der Waals surface area contributed by atoms with Crippen LogP contribution in [0.3, 0.4) is 0 Å².